The second-order valence-corrected chi connectivity index (χ2v) is 4.59. The molecule has 0 radical (unpaired) electrons. The van der Waals surface area contributed by atoms with E-state index in [9.17, 15) is 22.4 Å². The Kier molecular flexibility index (Phi) is 4.18. The van der Waals surface area contributed by atoms with Crippen molar-refractivity contribution in [1.82, 2.24) is 0 Å². The minimum Gasteiger partial charge on any atom is -0.322 e. The zero-order valence-electron chi connectivity index (χ0n) is 10.3. The molecule has 2 rings (SSSR count). The maximum atomic E-state index is 13.5. The fourth-order valence-electron chi connectivity index (χ4n) is 1.61. The van der Waals surface area contributed by atoms with Crippen molar-refractivity contribution in [3.63, 3.8) is 0 Å². The summed E-state index contributed by atoms with van der Waals surface area (Å²) in [4.78, 5) is 11.8. The van der Waals surface area contributed by atoms with Gasteiger partial charge in [0.15, 0.2) is 0 Å². The van der Waals surface area contributed by atoms with Crippen LogP contribution in [-0.2, 0) is 6.18 Å². The highest BCUT2D eigenvalue weighted by atomic mass is 35.5. The first kappa shape index (κ1) is 15.3. The number of alkyl halides is 3. The van der Waals surface area contributed by atoms with Gasteiger partial charge in [0.05, 0.1) is 11.1 Å². The van der Waals surface area contributed by atoms with Crippen LogP contribution in [-0.4, -0.2) is 5.91 Å². The van der Waals surface area contributed by atoms with Gasteiger partial charge in [-0.15, -0.1) is 0 Å². The van der Waals surface area contributed by atoms with E-state index in [1.54, 1.807) is 0 Å². The van der Waals surface area contributed by atoms with Crippen LogP contribution in [0, 0.1) is 5.82 Å². The van der Waals surface area contributed by atoms with Crippen LogP contribution in [0.2, 0.25) is 5.02 Å². The molecule has 0 saturated heterocycles. The molecule has 0 atom stereocenters. The van der Waals surface area contributed by atoms with Crippen LogP contribution in [0.15, 0.2) is 42.5 Å². The number of benzene rings is 2. The third kappa shape index (κ3) is 3.72. The fraction of sp³-hybridized carbons (Fsp3) is 0.0714. The van der Waals surface area contributed by atoms with Gasteiger partial charge >= 0.3 is 6.18 Å². The van der Waals surface area contributed by atoms with Gasteiger partial charge in [0, 0.05) is 10.7 Å². The van der Waals surface area contributed by atoms with E-state index in [1.807, 2.05) is 0 Å². The highest BCUT2D eigenvalue weighted by molar-refractivity contribution is 6.31. The molecule has 2 nitrogen and oxygen atoms in total. The molecule has 0 aliphatic heterocycles. The Morgan fingerprint density at radius 3 is 2.24 bits per heavy atom. The summed E-state index contributed by atoms with van der Waals surface area (Å²) in [6, 6.07) is 7.27. The van der Waals surface area contributed by atoms with Gasteiger partial charge in [0.1, 0.15) is 5.82 Å². The average Bonchev–Trinajstić information content (AvgIpc) is 2.41. The first-order chi connectivity index (χ1) is 9.77. The standard InChI is InChI=1S/C14H8ClF4NO/c15-9-3-6-12(16)11(7-9)13(21)20-10-4-1-8(2-5-10)14(17,18)19/h1-7H,(H,20,21). The Morgan fingerprint density at radius 2 is 1.67 bits per heavy atom. The molecule has 0 heterocycles. The number of hydrogen-bond acceptors (Lipinski definition) is 1. The van der Waals surface area contributed by atoms with Crippen LogP contribution in [0.4, 0.5) is 23.2 Å². The largest absolute Gasteiger partial charge is 0.416 e. The summed E-state index contributed by atoms with van der Waals surface area (Å²) in [6.45, 7) is 0. The molecule has 110 valence electrons. The van der Waals surface area contributed by atoms with Crippen LogP contribution in [0.1, 0.15) is 15.9 Å². The smallest absolute Gasteiger partial charge is 0.322 e. The van der Waals surface area contributed by atoms with E-state index >= 15 is 0 Å². The number of amides is 1. The minimum absolute atomic E-state index is 0.118. The lowest BCUT2D eigenvalue weighted by molar-refractivity contribution is -0.137. The SMILES string of the molecule is O=C(Nc1ccc(C(F)(F)F)cc1)c1cc(Cl)ccc1F. The minimum atomic E-state index is -4.46. The van der Waals surface area contributed by atoms with E-state index in [0.29, 0.717) is 0 Å². The summed E-state index contributed by atoms with van der Waals surface area (Å²) in [5, 5.41) is 2.47. The molecule has 1 N–H and O–H groups in total. The molecule has 0 fully saturated rings. The van der Waals surface area contributed by atoms with Gasteiger partial charge in [0.2, 0.25) is 0 Å². The molecule has 0 unspecified atom stereocenters. The van der Waals surface area contributed by atoms with Gasteiger partial charge < -0.3 is 5.32 Å². The van der Waals surface area contributed by atoms with Gasteiger partial charge in [-0.2, -0.15) is 13.2 Å². The normalized spacial score (nSPS) is 11.3. The molecule has 0 aromatic heterocycles. The predicted molar refractivity (Wildman–Crippen MR) is 70.8 cm³/mol. The maximum absolute atomic E-state index is 13.5. The van der Waals surface area contributed by atoms with E-state index in [-0.39, 0.29) is 16.3 Å². The number of carbonyl (C=O) groups excluding carboxylic acids is 1. The topological polar surface area (TPSA) is 29.1 Å². The van der Waals surface area contributed by atoms with Crippen molar-refractivity contribution in [3.05, 3.63) is 64.4 Å². The van der Waals surface area contributed by atoms with Crippen molar-refractivity contribution in [2.75, 3.05) is 5.32 Å². The third-order valence-corrected chi connectivity index (χ3v) is 2.88. The summed E-state index contributed by atoms with van der Waals surface area (Å²) in [5.74, 6) is -1.57. The van der Waals surface area contributed by atoms with Crippen molar-refractivity contribution in [2.24, 2.45) is 0 Å². The van der Waals surface area contributed by atoms with Crippen molar-refractivity contribution in [2.45, 2.75) is 6.18 Å². The summed E-state index contributed by atoms with van der Waals surface area (Å²) in [5.41, 5.74) is -1.01. The van der Waals surface area contributed by atoms with Crippen LogP contribution in [0.25, 0.3) is 0 Å². The summed E-state index contributed by atoms with van der Waals surface area (Å²) in [6.07, 6.45) is -4.46. The number of rotatable bonds is 2. The van der Waals surface area contributed by atoms with Crippen LogP contribution in [0.5, 0.6) is 0 Å². The molecule has 1 amide bonds. The van der Waals surface area contributed by atoms with Crippen LogP contribution in [0.3, 0.4) is 0 Å². The lowest BCUT2D eigenvalue weighted by Gasteiger charge is -2.09. The van der Waals surface area contributed by atoms with Gasteiger partial charge in [-0.1, -0.05) is 11.6 Å². The lowest BCUT2D eigenvalue weighted by atomic mass is 10.1. The molecule has 21 heavy (non-hydrogen) atoms. The number of carbonyl (C=O) groups is 1. The summed E-state index contributed by atoms with van der Waals surface area (Å²) >= 11 is 5.66. The van der Waals surface area contributed by atoms with E-state index in [4.69, 9.17) is 11.6 Å². The first-order valence-electron chi connectivity index (χ1n) is 5.71. The fourth-order valence-corrected chi connectivity index (χ4v) is 1.78. The Morgan fingerprint density at radius 1 is 1.05 bits per heavy atom. The van der Waals surface area contributed by atoms with Crippen molar-refractivity contribution in [1.29, 1.82) is 0 Å². The molecule has 0 spiro atoms. The van der Waals surface area contributed by atoms with Crippen LogP contribution < -0.4 is 5.32 Å². The average molecular weight is 318 g/mol. The molecule has 2 aromatic rings. The Labute approximate surface area is 122 Å². The van der Waals surface area contributed by atoms with Gasteiger partial charge in [0.25, 0.3) is 5.91 Å². The second kappa shape index (κ2) is 5.73. The number of anilines is 1. The van der Waals surface area contributed by atoms with Gasteiger partial charge in [-0.05, 0) is 42.5 Å². The predicted octanol–water partition coefficient (Wildman–Crippen LogP) is 4.75. The van der Waals surface area contributed by atoms with Crippen LogP contribution >= 0.6 is 11.6 Å². The maximum Gasteiger partial charge on any atom is 0.416 e. The molecule has 0 saturated carbocycles. The van der Waals surface area contributed by atoms with Crippen molar-refractivity contribution in [3.8, 4) is 0 Å². The third-order valence-electron chi connectivity index (χ3n) is 2.64. The Hall–Kier alpha value is -2.08. The number of halogens is 5. The highest BCUT2D eigenvalue weighted by Crippen LogP contribution is 2.30. The summed E-state index contributed by atoms with van der Waals surface area (Å²) < 4.78 is 50.7. The van der Waals surface area contributed by atoms with E-state index in [0.717, 1.165) is 36.4 Å². The first-order valence-corrected chi connectivity index (χ1v) is 6.09. The lowest BCUT2D eigenvalue weighted by Crippen LogP contribution is -2.14. The van der Waals surface area contributed by atoms with Crippen molar-refractivity contribution >= 4 is 23.2 Å². The second-order valence-electron chi connectivity index (χ2n) is 4.15. The monoisotopic (exact) mass is 317 g/mol. The Balaban J connectivity index is 2.18. The zero-order chi connectivity index (χ0) is 15.6. The van der Waals surface area contributed by atoms with E-state index < -0.39 is 23.5 Å². The Bertz CT molecular complexity index is 668. The highest BCUT2D eigenvalue weighted by Gasteiger charge is 2.30. The van der Waals surface area contributed by atoms with E-state index in [2.05, 4.69) is 5.32 Å². The van der Waals surface area contributed by atoms with E-state index in [1.165, 1.54) is 6.07 Å². The molecular formula is C14H8ClF4NO. The summed E-state index contributed by atoms with van der Waals surface area (Å²) in [7, 11) is 0. The molecule has 7 heteroatoms. The number of hydrogen-bond donors (Lipinski definition) is 1. The molecule has 0 aliphatic carbocycles. The van der Waals surface area contributed by atoms with Gasteiger partial charge in [-0.25, -0.2) is 4.39 Å². The molecule has 0 aliphatic rings. The molecule has 2 aromatic carbocycles. The van der Waals surface area contributed by atoms with Crippen molar-refractivity contribution < 1.29 is 22.4 Å². The van der Waals surface area contributed by atoms with Gasteiger partial charge in [-0.3, -0.25) is 4.79 Å². The quantitative estimate of drug-likeness (QED) is 0.796. The molecular weight excluding hydrogens is 310 g/mol. The number of nitrogens with one attached hydrogen (secondary N) is 1. The molecule has 0 bridgehead atoms. The zero-order valence-corrected chi connectivity index (χ0v) is 11.1.